The first kappa shape index (κ1) is 10.4. The Hall–Kier alpha value is -0.120. The molecule has 1 aromatic heterocycles. The number of thiazole rings is 1. The molecule has 2 heterocycles. The average molecular weight is 231 g/mol. The van der Waals surface area contributed by atoms with Crippen molar-refractivity contribution in [2.75, 3.05) is 6.54 Å². The predicted molar refractivity (Wildman–Crippen MR) is 60.8 cm³/mol. The van der Waals surface area contributed by atoms with Crippen LogP contribution in [0.4, 0.5) is 0 Å². The SMILES string of the molecule is CC1CCCN1Cc1nc(CCl)cs1. The molecule has 1 atom stereocenters. The lowest BCUT2D eigenvalue weighted by Gasteiger charge is -2.18. The van der Waals surface area contributed by atoms with E-state index in [-0.39, 0.29) is 0 Å². The molecule has 2 nitrogen and oxygen atoms in total. The van der Waals surface area contributed by atoms with Crippen molar-refractivity contribution in [2.45, 2.75) is 38.2 Å². The van der Waals surface area contributed by atoms with Crippen LogP contribution in [0, 0.1) is 0 Å². The minimum absolute atomic E-state index is 0.534. The fourth-order valence-electron chi connectivity index (χ4n) is 1.88. The Kier molecular flexibility index (Phi) is 3.42. The number of nitrogens with zero attached hydrogens (tertiary/aromatic N) is 2. The normalized spacial score (nSPS) is 23.1. The minimum Gasteiger partial charge on any atom is -0.294 e. The molecule has 0 aliphatic carbocycles. The summed E-state index contributed by atoms with van der Waals surface area (Å²) < 4.78 is 0. The van der Waals surface area contributed by atoms with E-state index in [9.17, 15) is 0 Å². The molecule has 1 aromatic rings. The second-order valence-corrected chi connectivity index (χ2v) is 5.04. The van der Waals surface area contributed by atoms with Crippen LogP contribution in [-0.2, 0) is 12.4 Å². The van der Waals surface area contributed by atoms with Crippen LogP contribution in [0.25, 0.3) is 0 Å². The van der Waals surface area contributed by atoms with Gasteiger partial charge in [0, 0.05) is 11.4 Å². The van der Waals surface area contributed by atoms with Crippen molar-refractivity contribution in [3.63, 3.8) is 0 Å². The highest BCUT2D eigenvalue weighted by Gasteiger charge is 2.20. The first-order chi connectivity index (χ1) is 6.79. The first-order valence-corrected chi connectivity index (χ1v) is 6.44. The summed E-state index contributed by atoms with van der Waals surface area (Å²) in [4.78, 5) is 6.97. The van der Waals surface area contributed by atoms with Crippen molar-refractivity contribution >= 4 is 22.9 Å². The lowest BCUT2D eigenvalue weighted by atomic mass is 10.2. The van der Waals surface area contributed by atoms with E-state index in [1.54, 1.807) is 11.3 Å². The van der Waals surface area contributed by atoms with Crippen molar-refractivity contribution in [2.24, 2.45) is 0 Å². The van der Waals surface area contributed by atoms with E-state index in [0.29, 0.717) is 5.88 Å². The van der Waals surface area contributed by atoms with Gasteiger partial charge < -0.3 is 0 Å². The Labute approximate surface area is 93.9 Å². The van der Waals surface area contributed by atoms with Gasteiger partial charge in [0.15, 0.2) is 0 Å². The van der Waals surface area contributed by atoms with Gasteiger partial charge in [-0.2, -0.15) is 0 Å². The molecule has 1 aliphatic rings. The molecule has 14 heavy (non-hydrogen) atoms. The van der Waals surface area contributed by atoms with Crippen LogP contribution < -0.4 is 0 Å². The summed E-state index contributed by atoms with van der Waals surface area (Å²) in [6.45, 7) is 4.52. The molecule has 0 saturated carbocycles. The molecule has 0 amide bonds. The molecule has 1 unspecified atom stereocenters. The van der Waals surface area contributed by atoms with Crippen LogP contribution in [0.15, 0.2) is 5.38 Å². The van der Waals surface area contributed by atoms with Crippen LogP contribution in [0.1, 0.15) is 30.5 Å². The number of hydrogen-bond acceptors (Lipinski definition) is 3. The molecular weight excluding hydrogens is 216 g/mol. The van der Waals surface area contributed by atoms with Gasteiger partial charge in [0.25, 0.3) is 0 Å². The number of aromatic nitrogens is 1. The highest BCUT2D eigenvalue weighted by Crippen LogP contribution is 2.21. The van der Waals surface area contributed by atoms with Gasteiger partial charge in [-0.25, -0.2) is 4.98 Å². The van der Waals surface area contributed by atoms with Gasteiger partial charge in [-0.15, -0.1) is 22.9 Å². The number of rotatable bonds is 3. The molecule has 1 aliphatic heterocycles. The van der Waals surface area contributed by atoms with Crippen molar-refractivity contribution in [1.29, 1.82) is 0 Å². The lowest BCUT2D eigenvalue weighted by Crippen LogP contribution is -2.26. The number of likely N-dealkylation sites (tertiary alicyclic amines) is 1. The molecular formula is C10H15ClN2S. The first-order valence-electron chi connectivity index (χ1n) is 5.03. The second kappa shape index (κ2) is 4.60. The molecule has 0 spiro atoms. The summed E-state index contributed by atoms with van der Waals surface area (Å²) in [5.74, 6) is 0.534. The van der Waals surface area contributed by atoms with Gasteiger partial charge in [-0.3, -0.25) is 4.90 Å². The zero-order valence-electron chi connectivity index (χ0n) is 8.37. The number of alkyl halides is 1. The zero-order chi connectivity index (χ0) is 9.97. The van der Waals surface area contributed by atoms with Crippen LogP contribution in [-0.4, -0.2) is 22.5 Å². The van der Waals surface area contributed by atoms with Crippen LogP contribution in [0.5, 0.6) is 0 Å². The zero-order valence-corrected chi connectivity index (χ0v) is 9.94. The smallest absolute Gasteiger partial charge is 0.107 e. The summed E-state index contributed by atoms with van der Waals surface area (Å²) in [6, 6.07) is 0.721. The molecule has 2 rings (SSSR count). The third-order valence-electron chi connectivity index (χ3n) is 2.77. The van der Waals surface area contributed by atoms with E-state index >= 15 is 0 Å². The van der Waals surface area contributed by atoms with E-state index < -0.39 is 0 Å². The molecule has 0 bridgehead atoms. The van der Waals surface area contributed by atoms with Gasteiger partial charge in [0.2, 0.25) is 0 Å². The Balaban J connectivity index is 1.96. The van der Waals surface area contributed by atoms with Crippen molar-refractivity contribution in [3.05, 3.63) is 16.1 Å². The number of hydrogen-bond donors (Lipinski definition) is 0. The third kappa shape index (κ3) is 2.27. The van der Waals surface area contributed by atoms with Crippen molar-refractivity contribution in [3.8, 4) is 0 Å². The van der Waals surface area contributed by atoms with E-state index in [0.717, 1.165) is 18.3 Å². The van der Waals surface area contributed by atoms with E-state index in [1.165, 1.54) is 24.4 Å². The second-order valence-electron chi connectivity index (χ2n) is 3.83. The quantitative estimate of drug-likeness (QED) is 0.743. The molecule has 78 valence electrons. The van der Waals surface area contributed by atoms with Crippen LogP contribution in [0.3, 0.4) is 0 Å². The summed E-state index contributed by atoms with van der Waals surface area (Å²) in [7, 11) is 0. The van der Waals surface area contributed by atoms with Crippen molar-refractivity contribution in [1.82, 2.24) is 9.88 Å². The summed E-state index contributed by atoms with van der Waals surface area (Å²) >= 11 is 7.44. The van der Waals surface area contributed by atoms with E-state index in [4.69, 9.17) is 11.6 Å². The minimum atomic E-state index is 0.534. The van der Waals surface area contributed by atoms with Gasteiger partial charge in [0.1, 0.15) is 5.01 Å². The number of halogens is 1. The fraction of sp³-hybridized carbons (Fsp3) is 0.700. The summed E-state index contributed by atoms with van der Waals surface area (Å²) in [6.07, 6.45) is 2.66. The largest absolute Gasteiger partial charge is 0.294 e. The highest BCUT2D eigenvalue weighted by atomic mass is 35.5. The topological polar surface area (TPSA) is 16.1 Å². The Bertz CT molecular complexity index is 300. The predicted octanol–water partition coefficient (Wildman–Crippen LogP) is 2.87. The van der Waals surface area contributed by atoms with Crippen LogP contribution >= 0.6 is 22.9 Å². The molecule has 4 heteroatoms. The Morgan fingerprint density at radius 1 is 1.71 bits per heavy atom. The van der Waals surface area contributed by atoms with Crippen LogP contribution in [0.2, 0.25) is 0 Å². The summed E-state index contributed by atoms with van der Waals surface area (Å²) in [5, 5.41) is 3.26. The molecule has 1 fully saturated rings. The molecule has 0 N–H and O–H groups in total. The molecule has 0 radical (unpaired) electrons. The molecule has 1 saturated heterocycles. The van der Waals surface area contributed by atoms with Gasteiger partial charge in [-0.05, 0) is 26.3 Å². The fourth-order valence-corrected chi connectivity index (χ4v) is 2.93. The highest BCUT2D eigenvalue weighted by molar-refractivity contribution is 7.09. The summed E-state index contributed by atoms with van der Waals surface area (Å²) in [5.41, 5.74) is 1.01. The van der Waals surface area contributed by atoms with E-state index in [1.807, 2.05) is 0 Å². The monoisotopic (exact) mass is 230 g/mol. The van der Waals surface area contributed by atoms with Crippen molar-refractivity contribution < 1.29 is 0 Å². The average Bonchev–Trinajstić information content (AvgIpc) is 2.77. The standard InChI is InChI=1S/C10H15ClN2S/c1-8-3-2-4-13(8)6-10-12-9(5-11)7-14-10/h7-8H,2-6H2,1H3. The lowest BCUT2D eigenvalue weighted by molar-refractivity contribution is 0.260. The maximum absolute atomic E-state index is 5.72. The van der Waals surface area contributed by atoms with Gasteiger partial charge in [-0.1, -0.05) is 0 Å². The van der Waals surface area contributed by atoms with Gasteiger partial charge in [0.05, 0.1) is 18.1 Å². The maximum atomic E-state index is 5.72. The van der Waals surface area contributed by atoms with Gasteiger partial charge >= 0.3 is 0 Å². The third-order valence-corrected chi connectivity index (χ3v) is 3.92. The molecule has 0 aromatic carbocycles. The Morgan fingerprint density at radius 3 is 3.14 bits per heavy atom. The van der Waals surface area contributed by atoms with E-state index in [2.05, 4.69) is 22.2 Å². The maximum Gasteiger partial charge on any atom is 0.107 e. The Morgan fingerprint density at radius 2 is 2.57 bits per heavy atom.